The molecule has 29 heavy (non-hydrogen) atoms. The van der Waals surface area contributed by atoms with Crippen molar-refractivity contribution in [1.82, 2.24) is 9.21 Å². The molecule has 0 saturated carbocycles. The normalized spacial score (nSPS) is 15.7. The van der Waals surface area contributed by atoms with Gasteiger partial charge in [-0.25, -0.2) is 13.2 Å². The first-order valence-electron chi connectivity index (χ1n) is 9.38. The van der Waals surface area contributed by atoms with E-state index in [1.165, 1.54) is 33.5 Å². The standard InChI is InChI=1S/C21H24N2O5S/c1-22(2)20(24)19(16-8-4-3-5-9-16)28-21(25)17-10-12-18(13-11-17)29(26,27)23-14-6-7-15-23/h3-5,8-13,19H,6-7,14-15H2,1-2H3/t19-/m0/s1. The smallest absolute Gasteiger partial charge is 0.339 e. The van der Waals surface area contributed by atoms with Crippen LogP contribution in [0.3, 0.4) is 0 Å². The van der Waals surface area contributed by atoms with Crippen molar-refractivity contribution >= 4 is 21.9 Å². The summed E-state index contributed by atoms with van der Waals surface area (Å²) >= 11 is 0. The van der Waals surface area contributed by atoms with Gasteiger partial charge in [0.1, 0.15) is 0 Å². The maximum Gasteiger partial charge on any atom is 0.339 e. The van der Waals surface area contributed by atoms with Crippen LogP contribution in [0.4, 0.5) is 0 Å². The highest BCUT2D eigenvalue weighted by molar-refractivity contribution is 7.89. The average Bonchev–Trinajstić information content (AvgIpc) is 3.28. The number of carbonyl (C=O) groups excluding carboxylic acids is 2. The molecule has 0 aromatic heterocycles. The van der Waals surface area contributed by atoms with Gasteiger partial charge in [-0.3, -0.25) is 4.79 Å². The maximum absolute atomic E-state index is 12.6. The number of ether oxygens (including phenoxy) is 1. The molecule has 2 aromatic carbocycles. The zero-order valence-electron chi connectivity index (χ0n) is 16.4. The summed E-state index contributed by atoms with van der Waals surface area (Å²) in [7, 11) is -0.377. The van der Waals surface area contributed by atoms with Gasteiger partial charge in [0, 0.05) is 32.7 Å². The second-order valence-corrected chi connectivity index (χ2v) is 9.00. The van der Waals surface area contributed by atoms with Crippen molar-refractivity contribution in [3.63, 3.8) is 0 Å². The fraction of sp³-hybridized carbons (Fsp3) is 0.333. The van der Waals surface area contributed by atoms with Gasteiger partial charge in [0.2, 0.25) is 16.1 Å². The van der Waals surface area contributed by atoms with Crippen LogP contribution >= 0.6 is 0 Å². The number of sulfonamides is 1. The van der Waals surface area contributed by atoms with Crippen LogP contribution in [0, 0.1) is 0 Å². The molecule has 1 amide bonds. The molecule has 0 radical (unpaired) electrons. The lowest BCUT2D eigenvalue weighted by Gasteiger charge is -2.21. The van der Waals surface area contributed by atoms with E-state index in [1.807, 2.05) is 6.07 Å². The summed E-state index contributed by atoms with van der Waals surface area (Å²) in [4.78, 5) is 26.6. The van der Waals surface area contributed by atoms with Crippen LogP contribution in [-0.2, 0) is 19.6 Å². The number of esters is 1. The quantitative estimate of drug-likeness (QED) is 0.676. The molecule has 1 aliphatic heterocycles. The minimum Gasteiger partial charge on any atom is -0.444 e. The van der Waals surface area contributed by atoms with Gasteiger partial charge in [0.15, 0.2) is 0 Å². The minimum atomic E-state index is -3.55. The van der Waals surface area contributed by atoms with Gasteiger partial charge in [-0.15, -0.1) is 0 Å². The molecule has 1 aliphatic rings. The van der Waals surface area contributed by atoms with E-state index >= 15 is 0 Å². The Morgan fingerprint density at radius 2 is 1.55 bits per heavy atom. The number of carbonyl (C=O) groups is 2. The molecular formula is C21H24N2O5S. The van der Waals surface area contributed by atoms with Crippen LogP contribution in [0.2, 0.25) is 0 Å². The van der Waals surface area contributed by atoms with E-state index in [0.29, 0.717) is 18.7 Å². The Bertz CT molecular complexity index is 966. The second kappa shape index (κ2) is 8.75. The predicted molar refractivity (Wildman–Crippen MR) is 108 cm³/mol. The van der Waals surface area contributed by atoms with Crippen LogP contribution in [0.5, 0.6) is 0 Å². The van der Waals surface area contributed by atoms with Gasteiger partial charge >= 0.3 is 5.97 Å². The molecule has 0 N–H and O–H groups in total. The Hall–Kier alpha value is -2.71. The van der Waals surface area contributed by atoms with E-state index < -0.39 is 22.1 Å². The molecule has 1 fully saturated rings. The molecule has 1 atom stereocenters. The Morgan fingerprint density at radius 3 is 2.10 bits per heavy atom. The number of hydrogen-bond acceptors (Lipinski definition) is 5. The van der Waals surface area contributed by atoms with Crippen molar-refractivity contribution in [1.29, 1.82) is 0 Å². The summed E-state index contributed by atoms with van der Waals surface area (Å²) in [6.07, 6.45) is 0.626. The maximum atomic E-state index is 12.6. The zero-order valence-corrected chi connectivity index (χ0v) is 17.3. The molecule has 0 spiro atoms. The summed E-state index contributed by atoms with van der Waals surface area (Å²) in [5.74, 6) is -1.06. The molecule has 7 nitrogen and oxygen atoms in total. The van der Waals surface area contributed by atoms with Gasteiger partial charge < -0.3 is 9.64 Å². The molecule has 2 aromatic rings. The highest BCUT2D eigenvalue weighted by Gasteiger charge is 2.29. The van der Waals surface area contributed by atoms with Crippen molar-refractivity contribution < 1.29 is 22.7 Å². The van der Waals surface area contributed by atoms with E-state index in [2.05, 4.69) is 0 Å². The first kappa shape index (κ1) is 21.0. The van der Waals surface area contributed by atoms with Crippen molar-refractivity contribution in [3.8, 4) is 0 Å². The number of benzene rings is 2. The lowest BCUT2D eigenvalue weighted by atomic mass is 10.1. The molecule has 0 aliphatic carbocycles. The fourth-order valence-corrected chi connectivity index (χ4v) is 4.66. The monoisotopic (exact) mass is 416 g/mol. The van der Waals surface area contributed by atoms with Crippen molar-refractivity contribution in [3.05, 3.63) is 65.7 Å². The third kappa shape index (κ3) is 4.65. The van der Waals surface area contributed by atoms with Crippen LogP contribution in [0.15, 0.2) is 59.5 Å². The second-order valence-electron chi connectivity index (χ2n) is 7.06. The Morgan fingerprint density at radius 1 is 0.966 bits per heavy atom. The third-order valence-electron chi connectivity index (χ3n) is 4.79. The lowest BCUT2D eigenvalue weighted by Crippen LogP contribution is -2.31. The van der Waals surface area contributed by atoms with Gasteiger partial charge in [0.05, 0.1) is 10.5 Å². The topological polar surface area (TPSA) is 84.0 Å². The van der Waals surface area contributed by atoms with Crippen LogP contribution in [0.25, 0.3) is 0 Å². The Balaban J connectivity index is 1.79. The van der Waals surface area contributed by atoms with Gasteiger partial charge in [-0.05, 0) is 37.1 Å². The number of amides is 1. The predicted octanol–water partition coefficient (Wildman–Crippen LogP) is 2.46. The molecule has 0 bridgehead atoms. The third-order valence-corrected chi connectivity index (χ3v) is 6.70. The van der Waals surface area contributed by atoms with Crippen molar-refractivity contribution in [2.45, 2.75) is 23.8 Å². The highest BCUT2D eigenvalue weighted by atomic mass is 32.2. The summed E-state index contributed by atoms with van der Waals surface area (Å²) in [5.41, 5.74) is 0.741. The van der Waals surface area contributed by atoms with E-state index in [9.17, 15) is 18.0 Å². The van der Waals surface area contributed by atoms with E-state index in [0.717, 1.165) is 12.8 Å². The molecule has 3 rings (SSSR count). The van der Waals surface area contributed by atoms with Crippen LogP contribution in [-0.4, -0.2) is 56.7 Å². The van der Waals surface area contributed by atoms with Gasteiger partial charge in [0.25, 0.3) is 5.91 Å². The number of nitrogens with zero attached hydrogens (tertiary/aromatic N) is 2. The number of likely N-dealkylation sites (N-methyl/N-ethyl adjacent to an activating group) is 1. The van der Waals surface area contributed by atoms with E-state index in [4.69, 9.17) is 4.74 Å². The first-order chi connectivity index (χ1) is 13.8. The van der Waals surface area contributed by atoms with Crippen LogP contribution in [0.1, 0.15) is 34.9 Å². The SMILES string of the molecule is CN(C)C(=O)[C@@H](OC(=O)c1ccc(S(=O)(=O)N2CCCC2)cc1)c1ccccc1. The molecule has 8 heteroatoms. The Kier molecular flexibility index (Phi) is 6.34. The average molecular weight is 416 g/mol. The van der Waals surface area contributed by atoms with Gasteiger partial charge in [-0.1, -0.05) is 30.3 Å². The molecule has 1 saturated heterocycles. The summed E-state index contributed by atoms with van der Waals surface area (Å²) < 4.78 is 32.1. The molecule has 0 unspecified atom stereocenters. The molecular weight excluding hydrogens is 392 g/mol. The molecule has 1 heterocycles. The number of hydrogen-bond donors (Lipinski definition) is 0. The van der Waals surface area contributed by atoms with Gasteiger partial charge in [-0.2, -0.15) is 4.31 Å². The highest BCUT2D eigenvalue weighted by Crippen LogP contribution is 2.24. The van der Waals surface area contributed by atoms with Crippen molar-refractivity contribution in [2.75, 3.05) is 27.2 Å². The fourth-order valence-electron chi connectivity index (χ4n) is 3.14. The largest absolute Gasteiger partial charge is 0.444 e. The van der Waals surface area contributed by atoms with E-state index in [-0.39, 0.29) is 16.4 Å². The summed E-state index contributed by atoms with van der Waals surface area (Å²) in [6.45, 7) is 1.02. The summed E-state index contributed by atoms with van der Waals surface area (Å²) in [6, 6.07) is 14.4. The first-order valence-corrected chi connectivity index (χ1v) is 10.8. The number of rotatable bonds is 6. The van der Waals surface area contributed by atoms with Crippen LogP contribution < -0.4 is 0 Å². The summed E-state index contributed by atoms with van der Waals surface area (Å²) in [5, 5.41) is 0. The van der Waals surface area contributed by atoms with Crippen molar-refractivity contribution in [2.24, 2.45) is 0 Å². The van der Waals surface area contributed by atoms with E-state index in [1.54, 1.807) is 38.4 Å². The zero-order chi connectivity index (χ0) is 21.0. The lowest BCUT2D eigenvalue weighted by molar-refractivity contribution is -0.138. The molecule has 154 valence electrons. The Labute approximate surface area is 170 Å². The minimum absolute atomic E-state index is 0.139.